The Labute approximate surface area is 191 Å². The lowest BCUT2D eigenvalue weighted by molar-refractivity contribution is -0.114. The molecule has 2 amide bonds. The monoisotopic (exact) mass is 436 g/mol. The minimum absolute atomic E-state index is 0.0286. The van der Waals surface area contributed by atoms with E-state index in [0.29, 0.717) is 11.3 Å². The second kappa shape index (κ2) is 9.33. The van der Waals surface area contributed by atoms with E-state index in [9.17, 15) is 9.59 Å². The summed E-state index contributed by atoms with van der Waals surface area (Å²) in [6, 6.07) is 13.2. The number of aryl methyl sites for hydroxylation is 2. The molecule has 6 heteroatoms. The number of hydrogen-bond donors (Lipinski definition) is 4. The number of hydrogen-bond acceptors (Lipinski definition) is 4. The van der Waals surface area contributed by atoms with Gasteiger partial charge in [-0.3, -0.25) is 9.59 Å². The molecule has 6 nitrogen and oxygen atoms in total. The van der Waals surface area contributed by atoms with Gasteiger partial charge in [0.15, 0.2) is 0 Å². The number of carbonyl (C=O) groups is 2. The molecule has 0 bridgehead atoms. The summed E-state index contributed by atoms with van der Waals surface area (Å²) in [5.41, 5.74) is 4.51. The Bertz CT molecular complexity index is 964. The van der Waals surface area contributed by atoms with Crippen molar-refractivity contribution in [2.45, 2.75) is 71.5 Å². The van der Waals surface area contributed by atoms with Gasteiger partial charge < -0.3 is 21.3 Å². The Balaban J connectivity index is 1.52. The van der Waals surface area contributed by atoms with Crippen LogP contribution in [0.4, 0.5) is 11.4 Å². The number of carbonyl (C=O) groups excluding carboxylic acids is 2. The first-order valence-electron chi connectivity index (χ1n) is 11.2. The molecule has 32 heavy (non-hydrogen) atoms. The highest BCUT2D eigenvalue weighted by Gasteiger charge is 2.38. The molecule has 0 saturated carbocycles. The van der Waals surface area contributed by atoms with Gasteiger partial charge in [-0.15, -0.1) is 0 Å². The molecule has 0 atom stereocenters. The fourth-order valence-corrected chi connectivity index (χ4v) is 4.64. The van der Waals surface area contributed by atoms with Crippen LogP contribution in [-0.2, 0) is 4.79 Å². The summed E-state index contributed by atoms with van der Waals surface area (Å²) in [5.74, 6) is -0.225. The normalized spacial score (nSPS) is 17.4. The van der Waals surface area contributed by atoms with Crippen LogP contribution in [0.2, 0.25) is 0 Å². The van der Waals surface area contributed by atoms with Gasteiger partial charge in [-0.05, 0) is 102 Å². The number of anilines is 2. The van der Waals surface area contributed by atoms with Crippen molar-refractivity contribution in [3.63, 3.8) is 0 Å². The molecule has 0 aliphatic carbocycles. The predicted octanol–water partition coefficient (Wildman–Crippen LogP) is 4.39. The van der Waals surface area contributed by atoms with Crippen LogP contribution in [0.5, 0.6) is 0 Å². The van der Waals surface area contributed by atoms with E-state index < -0.39 is 0 Å². The van der Waals surface area contributed by atoms with E-state index in [4.69, 9.17) is 0 Å². The highest BCUT2D eigenvalue weighted by atomic mass is 16.2. The van der Waals surface area contributed by atoms with Gasteiger partial charge >= 0.3 is 0 Å². The number of rotatable bonds is 6. The molecular weight excluding hydrogens is 400 g/mol. The molecule has 2 aromatic rings. The Hall–Kier alpha value is -2.86. The van der Waals surface area contributed by atoms with Gasteiger partial charge in [-0.1, -0.05) is 6.07 Å². The lowest BCUT2D eigenvalue weighted by atomic mass is 9.79. The Morgan fingerprint density at radius 3 is 2.09 bits per heavy atom. The Morgan fingerprint density at radius 2 is 1.50 bits per heavy atom. The number of benzene rings is 2. The van der Waals surface area contributed by atoms with Crippen LogP contribution in [0.1, 0.15) is 62.0 Å². The zero-order valence-corrected chi connectivity index (χ0v) is 20.1. The number of piperidine rings is 1. The minimum atomic E-state index is -0.139. The van der Waals surface area contributed by atoms with Crippen LogP contribution >= 0.6 is 0 Å². The Kier molecular flexibility index (Phi) is 6.94. The van der Waals surface area contributed by atoms with Gasteiger partial charge in [0.25, 0.3) is 5.91 Å². The van der Waals surface area contributed by atoms with Crippen molar-refractivity contribution < 1.29 is 9.59 Å². The molecule has 0 radical (unpaired) electrons. The standard InChI is InChI=1S/C26H36N4O2/c1-17-7-10-21(13-18(17)2)27-16-23(31)28-20-11-8-19(9-12-20)24(32)29-22-14-25(3,4)30-26(5,6)15-22/h7-13,22,27,30H,14-16H2,1-6H3,(H,28,31)(H,29,32). The van der Waals surface area contributed by atoms with Crippen LogP contribution in [0.15, 0.2) is 42.5 Å². The summed E-state index contributed by atoms with van der Waals surface area (Å²) in [4.78, 5) is 25.0. The zero-order chi connectivity index (χ0) is 23.5. The van der Waals surface area contributed by atoms with Crippen LogP contribution in [-0.4, -0.2) is 35.5 Å². The van der Waals surface area contributed by atoms with Crippen molar-refractivity contribution >= 4 is 23.2 Å². The summed E-state index contributed by atoms with van der Waals surface area (Å²) < 4.78 is 0. The van der Waals surface area contributed by atoms with Crippen LogP contribution in [0.3, 0.4) is 0 Å². The van der Waals surface area contributed by atoms with E-state index in [1.165, 1.54) is 11.1 Å². The highest BCUT2D eigenvalue weighted by molar-refractivity contribution is 5.96. The van der Waals surface area contributed by atoms with Crippen molar-refractivity contribution in [3.05, 3.63) is 59.2 Å². The second-order valence-corrected chi connectivity index (χ2v) is 10.2. The number of amides is 2. The fourth-order valence-electron chi connectivity index (χ4n) is 4.64. The molecule has 1 saturated heterocycles. The van der Waals surface area contributed by atoms with E-state index in [0.717, 1.165) is 18.5 Å². The van der Waals surface area contributed by atoms with Gasteiger partial charge in [-0.25, -0.2) is 0 Å². The molecule has 0 unspecified atom stereocenters. The maximum Gasteiger partial charge on any atom is 0.251 e. The third kappa shape index (κ3) is 6.57. The van der Waals surface area contributed by atoms with Crippen molar-refractivity contribution in [3.8, 4) is 0 Å². The first kappa shape index (κ1) is 23.8. The maximum atomic E-state index is 12.8. The van der Waals surface area contributed by atoms with Gasteiger partial charge in [0.05, 0.1) is 6.54 Å². The quantitative estimate of drug-likeness (QED) is 0.541. The van der Waals surface area contributed by atoms with Crippen molar-refractivity contribution in [2.75, 3.05) is 17.2 Å². The van der Waals surface area contributed by atoms with Gasteiger partial charge in [-0.2, -0.15) is 0 Å². The Morgan fingerprint density at radius 1 is 0.906 bits per heavy atom. The zero-order valence-electron chi connectivity index (χ0n) is 20.1. The molecule has 1 aliphatic heterocycles. The molecular formula is C26H36N4O2. The molecule has 1 heterocycles. The minimum Gasteiger partial charge on any atom is -0.376 e. The first-order chi connectivity index (χ1) is 14.9. The van der Waals surface area contributed by atoms with Crippen LogP contribution < -0.4 is 21.3 Å². The predicted molar refractivity (Wildman–Crippen MR) is 131 cm³/mol. The molecule has 0 aromatic heterocycles. The molecule has 3 rings (SSSR count). The topological polar surface area (TPSA) is 82.3 Å². The second-order valence-electron chi connectivity index (χ2n) is 10.2. The van der Waals surface area contributed by atoms with E-state index in [1.54, 1.807) is 24.3 Å². The lowest BCUT2D eigenvalue weighted by Gasteiger charge is -2.46. The molecule has 4 N–H and O–H groups in total. The average Bonchev–Trinajstić information content (AvgIpc) is 2.67. The average molecular weight is 437 g/mol. The van der Waals surface area contributed by atoms with Crippen molar-refractivity contribution in [2.24, 2.45) is 0 Å². The summed E-state index contributed by atoms with van der Waals surface area (Å²) in [6.45, 7) is 12.9. The maximum absolute atomic E-state index is 12.8. The van der Waals surface area contributed by atoms with E-state index in [1.807, 2.05) is 25.1 Å². The van der Waals surface area contributed by atoms with Crippen LogP contribution in [0, 0.1) is 13.8 Å². The van der Waals surface area contributed by atoms with E-state index in [-0.39, 0.29) is 35.5 Å². The first-order valence-corrected chi connectivity index (χ1v) is 11.2. The number of nitrogens with one attached hydrogen (secondary N) is 4. The third-order valence-electron chi connectivity index (χ3n) is 5.92. The molecule has 0 spiro atoms. The third-order valence-corrected chi connectivity index (χ3v) is 5.92. The SMILES string of the molecule is Cc1ccc(NCC(=O)Nc2ccc(C(=O)NC3CC(C)(C)NC(C)(C)C3)cc2)cc1C. The molecule has 1 fully saturated rings. The van der Waals surface area contributed by atoms with Gasteiger partial charge in [0, 0.05) is 34.1 Å². The smallest absolute Gasteiger partial charge is 0.251 e. The van der Waals surface area contributed by atoms with Crippen molar-refractivity contribution in [1.29, 1.82) is 0 Å². The fraction of sp³-hybridized carbons (Fsp3) is 0.462. The summed E-state index contributed by atoms with van der Waals surface area (Å²) >= 11 is 0. The lowest BCUT2D eigenvalue weighted by Crippen LogP contribution is -2.62. The molecule has 172 valence electrons. The van der Waals surface area contributed by atoms with E-state index >= 15 is 0 Å². The van der Waals surface area contributed by atoms with Crippen molar-refractivity contribution in [1.82, 2.24) is 10.6 Å². The summed E-state index contributed by atoms with van der Waals surface area (Å²) in [5, 5.41) is 12.8. The van der Waals surface area contributed by atoms with Crippen LogP contribution in [0.25, 0.3) is 0 Å². The highest BCUT2D eigenvalue weighted by Crippen LogP contribution is 2.28. The molecule has 2 aromatic carbocycles. The summed E-state index contributed by atoms with van der Waals surface area (Å²) in [7, 11) is 0. The molecule has 1 aliphatic rings. The van der Waals surface area contributed by atoms with Gasteiger partial charge in [0.1, 0.15) is 0 Å². The largest absolute Gasteiger partial charge is 0.376 e. The summed E-state index contributed by atoms with van der Waals surface area (Å²) in [6.07, 6.45) is 1.76. The van der Waals surface area contributed by atoms with Gasteiger partial charge in [0.2, 0.25) is 5.91 Å². The van der Waals surface area contributed by atoms with E-state index in [2.05, 4.69) is 55.9 Å².